The van der Waals surface area contributed by atoms with Crippen LogP contribution < -0.4 is 15.4 Å². The minimum atomic E-state index is -0.194. The number of nitrogens with one attached hydrogen (secondary N) is 3. The van der Waals surface area contributed by atoms with E-state index in [1.165, 1.54) is 0 Å². The Morgan fingerprint density at radius 3 is 2.77 bits per heavy atom. The minimum Gasteiger partial charge on any atom is -0.491 e. The smallest absolute Gasteiger partial charge is 0.231 e. The fraction of sp³-hybridized carbons (Fsp3) is 0.500. The molecule has 0 unspecified atom stereocenters. The van der Waals surface area contributed by atoms with Gasteiger partial charge in [-0.2, -0.15) is 9.97 Å². The molecule has 1 aliphatic carbocycles. The van der Waals surface area contributed by atoms with Crippen LogP contribution in [-0.2, 0) is 4.74 Å². The molecule has 1 aliphatic rings. The molecule has 0 aliphatic heterocycles. The van der Waals surface area contributed by atoms with Crippen LogP contribution in [0.25, 0.3) is 11.2 Å². The second-order valence-corrected chi connectivity index (χ2v) is 7.79. The molecule has 31 heavy (non-hydrogen) atoms. The van der Waals surface area contributed by atoms with Crippen LogP contribution in [-0.4, -0.2) is 57.0 Å². The maximum Gasteiger partial charge on any atom is 0.231 e. The molecule has 0 spiro atoms. The van der Waals surface area contributed by atoms with E-state index >= 15 is 0 Å². The third kappa shape index (κ3) is 5.42. The van der Waals surface area contributed by atoms with Crippen molar-refractivity contribution < 1.29 is 14.6 Å². The first kappa shape index (κ1) is 21.3. The molecular weight excluding hydrogens is 396 g/mol. The summed E-state index contributed by atoms with van der Waals surface area (Å²) in [5, 5.41) is 16.6. The number of aliphatic hydroxyl groups excluding tert-OH is 1. The van der Waals surface area contributed by atoms with Crippen molar-refractivity contribution in [2.24, 2.45) is 0 Å². The van der Waals surface area contributed by atoms with Crippen LogP contribution in [0.3, 0.4) is 0 Å². The average Bonchev–Trinajstić information content (AvgIpc) is 3.24. The lowest BCUT2D eigenvalue weighted by molar-refractivity contribution is 0.110. The summed E-state index contributed by atoms with van der Waals surface area (Å²) in [6.45, 7) is 5.76. The van der Waals surface area contributed by atoms with Crippen molar-refractivity contribution in [3.63, 3.8) is 0 Å². The standard InChI is InChI=1S/C22H30N6O3/c1-3-30-10-11-31-17-8-9-18(14(2)12-17)26-22-27-20-19(23-13-24-20)21(28-22)25-15-4-6-16(29)7-5-15/h8-9,12-13,15-16,29H,3-7,10-11H2,1-2H3,(H3,23,24,25,26,27,28). The number of aryl methyl sites for hydroxylation is 1. The van der Waals surface area contributed by atoms with E-state index in [4.69, 9.17) is 9.47 Å². The van der Waals surface area contributed by atoms with Crippen LogP contribution >= 0.6 is 0 Å². The second-order valence-electron chi connectivity index (χ2n) is 7.79. The summed E-state index contributed by atoms with van der Waals surface area (Å²) in [6, 6.07) is 6.13. The van der Waals surface area contributed by atoms with Gasteiger partial charge in [0.2, 0.25) is 5.95 Å². The third-order valence-electron chi connectivity index (χ3n) is 5.46. The zero-order valence-corrected chi connectivity index (χ0v) is 18.0. The van der Waals surface area contributed by atoms with Crippen molar-refractivity contribution in [2.45, 2.75) is 51.7 Å². The molecule has 2 aromatic heterocycles. The van der Waals surface area contributed by atoms with Crippen molar-refractivity contribution in [3.05, 3.63) is 30.1 Å². The van der Waals surface area contributed by atoms with Gasteiger partial charge in [-0.05, 0) is 63.3 Å². The van der Waals surface area contributed by atoms with Gasteiger partial charge in [-0.3, -0.25) is 0 Å². The lowest BCUT2D eigenvalue weighted by Gasteiger charge is -2.26. The van der Waals surface area contributed by atoms with Gasteiger partial charge < -0.3 is 30.2 Å². The molecule has 9 nitrogen and oxygen atoms in total. The normalized spacial score (nSPS) is 18.8. The van der Waals surface area contributed by atoms with Crippen LogP contribution in [0, 0.1) is 6.92 Å². The number of anilines is 3. The number of rotatable bonds is 9. The molecule has 1 fully saturated rings. The number of H-pyrrole nitrogens is 1. The van der Waals surface area contributed by atoms with Gasteiger partial charge in [-0.25, -0.2) is 4.98 Å². The monoisotopic (exact) mass is 426 g/mol. The summed E-state index contributed by atoms with van der Waals surface area (Å²) in [5.41, 5.74) is 3.32. The van der Waals surface area contributed by atoms with Crippen molar-refractivity contribution in [1.82, 2.24) is 19.9 Å². The zero-order chi connectivity index (χ0) is 21.6. The summed E-state index contributed by atoms with van der Waals surface area (Å²) in [4.78, 5) is 16.7. The van der Waals surface area contributed by atoms with Crippen LogP contribution in [0.4, 0.5) is 17.5 Å². The lowest BCUT2D eigenvalue weighted by atomic mass is 9.93. The molecule has 4 rings (SSSR count). The summed E-state index contributed by atoms with van der Waals surface area (Å²) < 4.78 is 11.0. The summed E-state index contributed by atoms with van der Waals surface area (Å²) >= 11 is 0. The number of aliphatic hydroxyl groups is 1. The number of benzene rings is 1. The molecule has 0 bridgehead atoms. The summed E-state index contributed by atoms with van der Waals surface area (Å²) in [5.74, 6) is 1.99. The Morgan fingerprint density at radius 1 is 1.16 bits per heavy atom. The Balaban J connectivity index is 1.48. The first-order valence-electron chi connectivity index (χ1n) is 10.9. The predicted octanol–water partition coefficient (Wildman–Crippen LogP) is 3.54. The minimum absolute atomic E-state index is 0.194. The third-order valence-corrected chi connectivity index (χ3v) is 5.46. The van der Waals surface area contributed by atoms with Crippen molar-refractivity contribution >= 4 is 28.6 Å². The number of hydrogen-bond donors (Lipinski definition) is 4. The van der Waals surface area contributed by atoms with E-state index in [1.54, 1.807) is 6.33 Å². The molecule has 166 valence electrons. The van der Waals surface area contributed by atoms with Crippen LogP contribution in [0.5, 0.6) is 5.75 Å². The van der Waals surface area contributed by atoms with E-state index in [1.807, 2.05) is 32.0 Å². The topological polar surface area (TPSA) is 117 Å². The van der Waals surface area contributed by atoms with E-state index in [0.29, 0.717) is 42.8 Å². The van der Waals surface area contributed by atoms with Gasteiger partial charge >= 0.3 is 0 Å². The van der Waals surface area contributed by atoms with Gasteiger partial charge in [0, 0.05) is 18.3 Å². The molecule has 0 radical (unpaired) electrons. The molecule has 9 heteroatoms. The molecule has 1 aromatic carbocycles. The van der Waals surface area contributed by atoms with E-state index in [2.05, 4.69) is 30.6 Å². The largest absolute Gasteiger partial charge is 0.491 e. The summed E-state index contributed by atoms with van der Waals surface area (Å²) in [7, 11) is 0. The molecule has 0 atom stereocenters. The van der Waals surface area contributed by atoms with Crippen LogP contribution in [0.2, 0.25) is 0 Å². The maximum absolute atomic E-state index is 9.76. The van der Waals surface area contributed by atoms with E-state index < -0.39 is 0 Å². The van der Waals surface area contributed by atoms with Gasteiger partial charge in [-0.15, -0.1) is 0 Å². The first-order chi connectivity index (χ1) is 15.1. The van der Waals surface area contributed by atoms with Crippen molar-refractivity contribution in [3.8, 4) is 5.75 Å². The summed E-state index contributed by atoms with van der Waals surface area (Å²) in [6.07, 6.45) is 4.84. The number of fused-ring (bicyclic) bond motifs is 1. The number of ether oxygens (including phenoxy) is 2. The number of aromatic amines is 1. The first-order valence-corrected chi connectivity index (χ1v) is 10.9. The van der Waals surface area contributed by atoms with Gasteiger partial charge in [0.05, 0.1) is 19.0 Å². The van der Waals surface area contributed by atoms with Gasteiger partial charge in [0.1, 0.15) is 17.9 Å². The molecule has 3 aromatic rings. The fourth-order valence-corrected chi connectivity index (χ4v) is 3.76. The van der Waals surface area contributed by atoms with Crippen LogP contribution in [0.15, 0.2) is 24.5 Å². The highest BCUT2D eigenvalue weighted by Gasteiger charge is 2.21. The SMILES string of the molecule is CCOCCOc1ccc(Nc2nc(NC3CCC(O)CC3)c3nc[nH]c3n2)c(C)c1. The Labute approximate surface area is 181 Å². The van der Waals surface area contributed by atoms with Gasteiger partial charge in [-0.1, -0.05) is 0 Å². The molecule has 1 saturated carbocycles. The lowest BCUT2D eigenvalue weighted by Crippen LogP contribution is -2.28. The zero-order valence-electron chi connectivity index (χ0n) is 18.0. The Kier molecular flexibility index (Phi) is 6.83. The highest BCUT2D eigenvalue weighted by molar-refractivity contribution is 5.84. The van der Waals surface area contributed by atoms with Crippen molar-refractivity contribution in [2.75, 3.05) is 30.5 Å². The van der Waals surface area contributed by atoms with E-state index in [-0.39, 0.29) is 12.1 Å². The Bertz CT molecular complexity index is 1000. The molecule has 2 heterocycles. The van der Waals surface area contributed by atoms with Crippen LogP contribution in [0.1, 0.15) is 38.2 Å². The Morgan fingerprint density at radius 2 is 2.00 bits per heavy atom. The molecular formula is C22H30N6O3. The quantitative estimate of drug-likeness (QED) is 0.384. The second kappa shape index (κ2) is 9.93. The number of aromatic nitrogens is 4. The molecule has 0 amide bonds. The van der Waals surface area contributed by atoms with Crippen molar-refractivity contribution in [1.29, 1.82) is 0 Å². The number of hydrogen-bond acceptors (Lipinski definition) is 8. The fourth-order valence-electron chi connectivity index (χ4n) is 3.76. The predicted molar refractivity (Wildman–Crippen MR) is 120 cm³/mol. The molecule has 4 N–H and O–H groups in total. The van der Waals surface area contributed by atoms with E-state index in [9.17, 15) is 5.11 Å². The maximum atomic E-state index is 9.76. The number of imidazole rings is 1. The Hall–Kier alpha value is -2.91. The van der Waals surface area contributed by atoms with Gasteiger partial charge in [0.25, 0.3) is 0 Å². The average molecular weight is 427 g/mol. The molecule has 0 saturated heterocycles. The van der Waals surface area contributed by atoms with Gasteiger partial charge in [0.15, 0.2) is 11.5 Å². The highest BCUT2D eigenvalue weighted by atomic mass is 16.5. The van der Waals surface area contributed by atoms with E-state index in [0.717, 1.165) is 42.7 Å². The number of nitrogens with zero attached hydrogens (tertiary/aromatic N) is 3. The highest BCUT2D eigenvalue weighted by Crippen LogP contribution is 2.28.